The highest BCUT2D eigenvalue weighted by molar-refractivity contribution is 5.97. The van der Waals surface area contributed by atoms with Gasteiger partial charge in [-0.25, -0.2) is 0 Å². The summed E-state index contributed by atoms with van der Waals surface area (Å²) < 4.78 is 0. The van der Waals surface area contributed by atoms with E-state index >= 15 is 0 Å². The van der Waals surface area contributed by atoms with Gasteiger partial charge < -0.3 is 10.0 Å². The van der Waals surface area contributed by atoms with E-state index < -0.39 is 0 Å². The van der Waals surface area contributed by atoms with Gasteiger partial charge in [-0.3, -0.25) is 4.79 Å². The topological polar surface area (TPSA) is 40.5 Å². The van der Waals surface area contributed by atoms with Gasteiger partial charge >= 0.3 is 0 Å². The van der Waals surface area contributed by atoms with E-state index in [0.29, 0.717) is 17.2 Å². The zero-order chi connectivity index (χ0) is 15.2. The van der Waals surface area contributed by atoms with Crippen molar-refractivity contribution in [2.75, 3.05) is 13.2 Å². The van der Waals surface area contributed by atoms with Gasteiger partial charge in [-0.15, -0.1) is 0 Å². The first-order chi connectivity index (χ1) is 10.2. The highest BCUT2D eigenvalue weighted by Gasteiger charge is 2.27. The molecular formula is C18H23NO2. The number of hydrogen-bond donors (Lipinski definition) is 1. The van der Waals surface area contributed by atoms with Crippen LogP contribution in [0.25, 0.3) is 0 Å². The van der Waals surface area contributed by atoms with Crippen LogP contribution in [0, 0.1) is 18.8 Å². The summed E-state index contributed by atoms with van der Waals surface area (Å²) in [5.41, 5.74) is 2.41. The van der Waals surface area contributed by atoms with Crippen molar-refractivity contribution in [2.45, 2.75) is 45.6 Å². The van der Waals surface area contributed by atoms with E-state index in [0.717, 1.165) is 24.9 Å². The Balaban J connectivity index is 2.33. The van der Waals surface area contributed by atoms with Crippen LogP contribution >= 0.6 is 0 Å². The summed E-state index contributed by atoms with van der Waals surface area (Å²) in [6, 6.07) is 6.08. The Morgan fingerprint density at radius 1 is 1.38 bits per heavy atom. The van der Waals surface area contributed by atoms with Crippen molar-refractivity contribution in [3.8, 4) is 11.8 Å². The van der Waals surface area contributed by atoms with Crippen molar-refractivity contribution in [3.05, 3.63) is 34.9 Å². The van der Waals surface area contributed by atoms with E-state index in [4.69, 9.17) is 5.11 Å². The second-order valence-corrected chi connectivity index (χ2v) is 5.54. The molecule has 21 heavy (non-hydrogen) atoms. The van der Waals surface area contributed by atoms with Crippen LogP contribution in [-0.2, 0) is 0 Å². The number of nitrogens with zero attached hydrogens (tertiary/aromatic N) is 1. The largest absolute Gasteiger partial charge is 0.384 e. The van der Waals surface area contributed by atoms with Gasteiger partial charge in [0.25, 0.3) is 5.91 Å². The van der Waals surface area contributed by atoms with Crippen LogP contribution in [0.4, 0.5) is 0 Å². The van der Waals surface area contributed by atoms with Crippen molar-refractivity contribution in [3.63, 3.8) is 0 Å². The first-order valence-corrected chi connectivity index (χ1v) is 7.68. The molecule has 0 aromatic heterocycles. The van der Waals surface area contributed by atoms with Gasteiger partial charge in [0, 0.05) is 18.2 Å². The number of amides is 1. The third kappa shape index (κ3) is 3.65. The summed E-state index contributed by atoms with van der Waals surface area (Å²) in [5.74, 6) is 5.60. The standard InChI is InChI=1S/C18H23NO2/c1-3-19(16-8-4-5-9-16)18(21)17-13-14(2)10-11-15(17)7-6-12-20/h10-11,13,16,20H,3-5,8-9,12H2,1-2H3. The van der Waals surface area contributed by atoms with Crippen LogP contribution in [0.15, 0.2) is 18.2 Å². The number of benzene rings is 1. The zero-order valence-corrected chi connectivity index (χ0v) is 12.9. The molecule has 1 aliphatic carbocycles. The van der Waals surface area contributed by atoms with Crippen LogP contribution < -0.4 is 0 Å². The Morgan fingerprint density at radius 3 is 2.71 bits per heavy atom. The molecule has 0 bridgehead atoms. The van der Waals surface area contributed by atoms with Crippen molar-refractivity contribution >= 4 is 5.91 Å². The number of carbonyl (C=O) groups is 1. The molecule has 0 saturated heterocycles. The van der Waals surface area contributed by atoms with E-state index in [1.54, 1.807) is 0 Å². The third-order valence-electron chi connectivity index (χ3n) is 4.07. The van der Waals surface area contributed by atoms with Gasteiger partial charge in [0.1, 0.15) is 6.61 Å². The molecule has 112 valence electrons. The number of hydrogen-bond acceptors (Lipinski definition) is 2. The van der Waals surface area contributed by atoms with Crippen LogP contribution in [-0.4, -0.2) is 35.1 Å². The third-order valence-corrected chi connectivity index (χ3v) is 4.07. The van der Waals surface area contributed by atoms with Gasteiger partial charge in [-0.2, -0.15) is 0 Å². The minimum Gasteiger partial charge on any atom is -0.384 e. The minimum absolute atomic E-state index is 0.0651. The molecule has 1 N–H and O–H groups in total. The quantitative estimate of drug-likeness (QED) is 0.868. The smallest absolute Gasteiger partial charge is 0.255 e. The Morgan fingerprint density at radius 2 is 2.10 bits per heavy atom. The number of aliphatic hydroxyl groups excluding tert-OH is 1. The van der Waals surface area contributed by atoms with E-state index in [1.807, 2.05) is 36.9 Å². The summed E-state index contributed by atoms with van der Waals surface area (Å²) in [7, 11) is 0. The van der Waals surface area contributed by atoms with Crippen LogP contribution in [0.5, 0.6) is 0 Å². The normalized spacial score (nSPS) is 14.6. The van der Waals surface area contributed by atoms with Gasteiger partial charge in [0.15, 0.2) is 0 Å². The van der Waals surface area contributed by atoms with E-state index in [9.17, 15) is 4.79 Å². The van der Waals surface area contributed by atoms with Gasteiger partial charge in [0.05, 0.1) is 5.56 Å². The van der Waals surface area contributed by atoms with Crippen LogP contribution in [0.3, 0.4) is 0 Å². The first kappa shape index (κ1) is 15.6. The summed E-state index contributed by atoms with van der Waals surface area (Å²) in [6.45, 7) is 4.54. The molecule has 1 amide bonds. The molecule has 0 unspecified atom stereocenters. The van der Waals surface area contributed by atoms with E-state index in [1.165, 1.54) is 12.8 Å². The molecule has 0 radical (unpaired) electrons. The molecule has 0 heterocycles. The van der Waals surface area contributed by atoms with Crippen LogP contribution in [0.2, 0.25) is 0 Å². The molecular weight excluding hydrogens is 262 g/mol. The fraction of sp³-hybridized carbons (Fsp3) is 0.500. The Kier molecular flexibility index (Phi) is 5.41. The molecule has 1 aromatic carbocycles. The van der Waals surface area contributed by atoms with Crippen LogP contribution in [0.1, 0.15) is 54.1 Å². The molecule has 3 nitrogen and oxygen atoms in total. The molecule has 0 atom stereocenters. The van der Waals surface area contributed by atoms with E-state index in [-0.39, 0.29) is 12.5 Å². The number of aliphatic hydroxyl groups is 1. The fourth-order valence-corrected chi connectivity index (χ4v) is 3.02. The minimum atomic E-state index is -0.193. The summed E-state index contributed by atoms with van der Waals surface area (Å²) in [5, 5.41) is 8.87. The Hall–Kier alpha value is -1.79. The molecule has 0 aliphatic heterocycles. The first-order valence-electron chi connectivity index (χ1n) is 7.68. The lowest BCUT2D eigenvalue weighted by Gasteiger charge is -2.28. The number of aryl methyl sites for hydroxylation is 1. The second kappa shape index (κ2) is 7.28. The van der Waals surface area contributed by atoms with Gasteiger partial charge in [0.2, 0.25) is 0 Å². The number of rotatable bonds is 3. The highest BCUT2D eigenvalue weighted by atomic mass is 16.2. The lowest BCUT2D eigenvalue weighted by atomic mass is 10.0. The lowest BCUT2D eigenvalue weighted by molar-refractivity contribution is 0.0693. The summed E-state index contributed by atoms with van der Waals surface area (Å²) >= 11 is 0. The van der Waals surface area contributed by atoms with Crippen molar-refractivity contribution in [2.24, 2.45) is 0 Å². The number of carbonyl (C=O) groups excluding carboxylic acids is 1. The monoisotopic (exact) mass is 285 g/mol. The van der Waals surface area contributed by atoms with Crippen molar-refractivity contribution in [1.29, 1.82) is 0 Å². The predicted molar refractivity (Wildman–Crippen MR) is 84.1 cm³/mol. The predicted octanol–water partition coefficient (Wildman–Crippen LogP) is 2.74. The maximum absolute atomic E-state index is 12.9. The Labute approximate surface area is 127 Å². The maximum atomic E-state index is 12.9. The Bertz CT molecular complexity index is 562. The van der Waals surface area contributed by atoms with Crippen molar-refractivity contribution < 1.29 is 9.90 Å². The summed E-state index contributed by atoms with van der Waals surface area (Å²) in [4.78, 5) is 14.9. The second-order valence-electron chi connectivity index (χ2n) is 5.54. The molecule has 2 rings (SSSR count). The summed E-state index contributed by atoms with van der Waals surface area (Å²) in [6.07, 6.45) is 4.62. The molecule has 1 saturated carbocycles. The average Bonchev–Trinajstić information content (AvgIpc) is 3.00. The molecule has 1 aromatic rings. The molecule has 1 fully saturated rings. The fourth-order valence-electron chi connectivity index (χ4n) is 3.02. The highest BCUT2D eigenvalue weighted by Crippen LogP contribution is 2.25. The average molecular weight is 285 g/mol. The molecule has 3 heteroatoms. The SMILES string of the molecule is CCN(C(=O)c1cc(C)ccc1C#CCO)C1CCCC1. The molecule has 1 aliphatic rings. The maximum Gasteiger partial charge on any atom is 0.255 e. The van der Waals surface area contributed by atoms with Gasteiger partial charge in [-0.05, 0) is 38.8 Å². The molecule has 0 spiro atoms. The zero-order valence-electron chi connectivity index (χ0n) is 12.9. The lowest BCUT2D eigenvalue weighted by Crippen LogP contribution is -2.39. The van der Waals surface area contributed by atoms with Crippen molar-refractivity contribution in [1.82, 2.24) is 4.90 Å². The van der Waals surface area contributed by atoms with Gasteiger partial charge in [-0.1, -0.05) is 36.3 Å². The van der Waals surface area contributed by atoms with E-state index in [2.05, 4.69) is 11.8 Å².